The molecule has 1 fully saturated rings. The van der Waals surface area contributed by atoms with E-state index in [9.17, 15) is 8.42 Å². The molecule has 2 rings (SSSR count). The molecule has 0 aliphatic carbocycles. The SMILES string of the molecule is CC(NS(=O)(=O)c1cc(CN)ccc1Br)C1CCOC1. The second kappa shape index (κ2) is 6.53. The van der Waals surface area contributed by atoms with E-state index in [-0.39, 0.29) is 16.9 Å². The molecule has 5 nitrogen and oxygen atoms in total. The van der Waals surface area contributed by atoms with Gasteiger partial charge in [0, 0.05) is 29.6 Å². The van der Waals surface area contributed by atoms with Crippen molar-refractivity contribution in [3.63, 3.8) is 0 Å². The van der Waals surface area contributed by atoms with Gasteiger partial charge < -0.3 is 10.5 Å². The Morgan fingerprint density at radius 1 is 1.55 bits per heavy atom. The third-order valence-corrected chi connectivity index (χ3v) is 6.09. The van der Waals surface area contributed by atoms with Crippen LogP contribution in [0.25, 0.3) is 0 Å². The van der Waals surface area contributed by atoms with Crippen molar-refractivity contribution < 1.29 is 13.2 Å². The molecule has 20 heavy (non-hydrogen) atoms. The lowest BCUT2D eigenvalue weighted by atomic mass is 10.0. The van der Waals surface area contributed by atoms with Crippen LogP contribution >= 0.6 is 15.9 Å². The van der Waals surface area contributed by atoms with E-state index in [2.05, 4.69) is 20.7 Å². The first kappa shape index (κ1) is 15.9. The van der Waals surface area contributed by atoms with Crippen molar-refractivity contribution in [3.05, 3.63) is 28.2 Å². The zero-order valence-corrected chi connectivity index (χ0v) is 13.7. The summed E-state index contributed by atoms with van der Waals surface area (Å²) in [5.41, 5.74) is 6.35. The number of hydrogen-bond acceptors (Lipinski definition) is 4. The van der Waals surface area contributed by atoms with Crippen LogP contribution in [0.15, 0.2) is 27.6 Å². The molecule has 2 atom stereocenters. The molecule has 1 aliphatic heterocycles. The molecule has 1 heterocycles. The topological polar surface area (TPSA) is 81.4 Å². The molecule has 1 aromatic rings. The van der Waals surface area contributed by atoms with Crippen LogP contribution in [0, 0.1) is 5.92 Å². The van der Waals surface area contributed by atoms with E-state index in [1.807, 2.05) is 6.92 Å². The summed E-state index contributed by atoms with van der Waals surface area (Å²) in [4.78, 5) is 0.228. The molecule has 0 saturated carbocycles. The zero-order valence-electron chi connectivity index (χ0n) is 11.3. The van der Waals surface area contributed by atoms with E-state index >= 15 is 0 Å². The van der Waals surface area contributed by atoms with Crippen LogP contribution < -0.4 is 10.5 Å². The second-order valence-electron chi connectivity index (χ2n) is 5.00. The summed E-state index contributed by atoms with van der Waals surface area (Å²) in [6.45, 7) is 3.48. The smallest absolute Gasteiger partial charge is 0.241 e. The maximum Gasteiger partial charge on any atom is 0.241 e. The Morgan fingerprint density at radius 2 is 2.30 bits per heavy atom. The van der Waals surface area contributed by atoms with E-state index in [4.69, 9.17) is 10.5 Å². The Bertz CT molecular complexity index is 571. The van der Waals surface area contributed by atoms with Gasteiger partial charge in [-0.2, -0.15) is 0 Å². The van der Waals surface area contributed by atoms with Crippen molar-refractivity contribution in [2.24, 2.45) is 11.7 Å². The molecule has 1 aromatic carbocycles. The quantitative estimate of drug-likeness (QED) is 0.833. The first-order chi connectivity index (χ1) is 9.44. The van der Waals surface area contributed by atoms with Crippen molar-refractivity contribution in [1.29, 1.82) is 0 Å². The number of nitrogens with one attached hydrogen (secondary N) is 1. The van der Waals surface area contributed by atoms with Gasteiger partial charge in [0.2, 0.25) is 10.0 Å². The van der Waals surface area contributed by atoms with Gasteiger partial charge in [0.1, 0.15) is 0 Å². The van der Waals surface area contributed by atoms with E-state index in [1.165, 1.54) is 0 Å². The van der Waals surface area contributed by atoms with Crippen LogP contribution in [0.4, 0.5) is 0 Å². The fraction of sp³-hybridized carbons (Fsp3) is 0.538. The van der Waals surface area contributed by atoms with Gasteiger partial charge in [-0.25, -0.2) is 13.1 Å². The lowest BCUT2D eigenvalue weighted by Gasteiger charge is -2.20. The van der Waals surface area contributed by atoms with Crippen LogP contribution in [-0.4, -0.2) is 27.7 Å². The standard InChI is InChI=1S/C13H19BrN2O3S/c1-9(11-4-5-19-8-11)16-20(17,18)13-6-10(7-15)2-3-12(13)14/h2-3,6,9,11,16H,4-5,7-8,15H2,1H3. The molecule has 112 valence electrons. The number of hydrogen-bond donors (Lipinski definition) is 2. The molecule has 1 aliphatic rings. The molecule has 0 aromatic heterocycles. The van der Waals surface area contributed by atoms with Crippen molar-refractivity contribution in [3.8, 4) is 0 Å². The van der Waals surface area contributed by atoms with E-state index in [0.29, 0.717) is 24.2 Å². The van der Waals surface area contributed by atoms with Crippen molar-refractivity contribution in [2.75, 3.05) is 13.2 Å². The number of sulfonamides is 1. The third kappa shape index (κ3) is 3.59. The highest BCUT2D eigenvalue weighted by Crippen LogP contribution is 2.25. The summed E-state index contributed by atoms with van der Waals surface area (Å²) in [5.74, 6) is 0.223. The minimum atomic E-state index is -3.57. The lowest BCUT2D eigenvalue weighted by molar-refractivity contribution is 0.180. The van der Waals surface area contributed by atoms with Gasteiger partial charge in [-0.15, -0.1) is 0 Å². The van der Waals surface area contributed by atoms with E-state index < -0.39 is 10.0 Å². The molecule has 0 spiro atoms. The molecule has 0 bridgehead atoms. The Balaban J connectivity index is 2.21. The second-order valence-corrected chi connectivity index (χ2v) is 7.54. The Hall–Kier alpha value is -0.470. The van der Waals surface area contributed by atoms with Gasteiger partial charge in [-0.05, 0) is 47.0 Å². The highest BCUT2D eigenvalue weighted by Gasteiger charge is 2.27. The van der Waals surface area contributed by atoms with E-state index in [1.54, 1.807) is 18.2 Å². The monoisotopic (exact) mass is 362 g/mol. The van der Waals surface area contributed by atoms with Gasteiger partial charge in [-0.1, -0.05) is 6.07 Å². The predicted octanol–water partition coefficient (Wildman–Crippen LogP) is 1.61. The predicted molar refractivity (Wildman–Crippen MR) is 80.7 cm³/mol. The van der Waals surface area contributed by atoms with Crippen LogP contribution in [0.3, 0.4) is 0 Å². The minimum Gasteiger partial charge on any atom is -0.381 e. The molecular formula is C13H19BrN2O3S. The Labute approximate surface area is 128 Å². The first-order valence-electron chi connectivity index (χ1n) is 6.52. The largest absolute Gasteiger partial charge is 0.381 e. The van der Waals surface area contributed by atoms with Gasteiger partial charge in [0.15, 0.2) is 0 Å². The summed E-state index contributed by atoms with van der Waals surface area (Å²) in [6.07, 6.45) is 0.883. The van der Waals surface area contributed by atoms with Gasteiger partial charge in [0.05, 0.1) is 11.5 Å². The Kier molecular flexibility index (Phi) is 5.19. The number of ether oxygens (including phenoxy) is 1. The summed E-state index contributed by atoms with van der Waals surface area (Å²) >= 11 is 3.28. The minimum absolute atomic E-state index is 0.157. The van der Waals surface area contributed by atoms with Gasteiger partial charge in [-0.3, -0.25) is 0 Å². The zero-order chi connectivity index (χ0) is 14.8. The van der Waals surface area contributed by atoms with Crippen molar-refractivity contribution in [2.45, 2.75) is 30.8 Å². The van der Waals surface area contributed by atoms with Crippen LogP contribution in [0.1, 0.15) is 18.9 Å². The Morgan fingerprint density at radius 3 is 2.90 bits per heavy atom. The summed E-state index contributed by atoms with van der Waals surface area (Å²) in [7, 11) is -3.57. The normalized spacial score (nSPS) is 21.1. The van der Waals surface area contributed by atoms with Crippen LogP contribution in [0.5, 0.6) is 0 Å². The molecule has 1 saturated heterocycles. The van der Waals surface area contributed by atoms with Crippen molar-refractivity contribution >= 4 is 26.0 Å². The average Bonchev–Trinajstić information content (AvgIpc) is 2.92. The highest BCUT2D eigenvalue weighted by molar-refractivity contribution is 9.10. The number of nitrogens with two attached hydrogens (primary N) is 1. The van der Waals surface area contributed by atoms with Gasteiger partial charge in [0.25, 0.3) is 0 Å². The fourth-order valence-corrected chi connectivity index (χ4v) is 4.56. The first-order valence-corrected chi connectivity index (χ1v) is 8.80. The lowest BCUT2D eigenvalue weighted by Crippen LogP contribution is -2.38. The van der Waals surface area contributed by atoms with E-state index in [0.717, 1.165) is 12.0 Å². The molecule has 0 radical (unpaired) electrons. The maximum absolute atomic E-state index is 12.5. The summed E-state index contributed by atoms with van der Waals surface area (Å²) in [5, 5.41) is 0. The van der Waals surface area contributed by atoms with Gasteiger partial charge >= 0.3 is 0 Å². The maximum atomic E-state index is 12.5. The number of benzene rings is 1. The summed E-state index contributed by atoms with van der Waals surface area (Å²) < 4.78 is 33.5. The summed E-state index contributed by atoms with van der Waals surface area (Å²) in [6, 6.07) is 4.96. The van der Waals surface area contributed by atoms with Crippen molar-refractivity contribution in [1.82, 2.24) is 4.72 Å². The van der Waals surface area contributed by atoms with Crippen LogP contribution in [0.2, 0.25) is 0 Å². The molecule has 0 amide bonds. The number of rotatable bonds is 5. The molecule has 2 unspecified atom stereocenters. The number of halogens is 1. The average molecular weight is 363 g/mol. The van der Waals surface area contributed by atoms with Crippen LogP contribution in [-0.2, 0) is 21.3 Å². The highest BCUT2D eigenvalue weighted by atomic mass is 79.9. The fourth-order valence-electron chi connectivity index (χ4n) is 2.23. The molecular weight excluding hydrogens is 344 g/mol. The molecule has 3 N–H and O–H groups in total. The third-order valence-electron chi connectivity index (χ3n) is 3.53. The molecule has 7 heteroatoms.